The Balaban J connectivity index is 2.84. The SMILES string of the molecule is CCC(CC)(CN)C(=O)Nc1ccnc(Cl)n1. The molecule has 1 aromatic heterocycles. The molecule has 6 heteroatoms. The summed E-state index contributed by atoms with van der Waals surface area (Å²) in [5, 5.41) is 2.83. The molecule has 0 fully saturated rings. The number of aromatic nitrogens is 2. The summed E-state index contributed by atoms with van der Waals surface area (Å²) >= 11 is 5.65. The van der Waals surface area contributed by atoms with Crippen LogP contribution >= 0.6 is 11.6 Å². The van der Waals surface area contributed by atoms with E-state index in [0.29, 0.717) is 25.2 Å². The predicted molar refractivity (Wildman–Crippen MR) is 67.7 cm³/mol. The van der Waals surface area contributed by atoms with E-state index in [1.807, 2.05) is 13.8 Å². The van der Waals surface area contributed by atoms with Gasteiger partial charge in [0.25, 0.3) is 0 Å². The van der Waals surface area contributed by atoms with Crippen LogP contribution in [0.5, 0.6) is 0 Å². The maximum Gasteiger partial charge on any atom is 0.233 e. The summed E-state index contributed by atoms with van der Waals surface area (Å²) in [6, 6.07) is 1.59. The van der Waals surface area contributed by atoms with E-state index >= 15 is 0 Å². The molecule has 0 aromatic carbocycles. The quantitative estimate of drug-likeness (QED) is 0.788. The summed E-state index contributed by atoms with van der Waals surface area (Å²) < 4.78 is 0. The Morgan fingerprint density at radius 3 is 2.65 bits per heavy atom. The summed E-state index contributed by atoms with van der Waals surface area (Å²) in [7, 11) is 0. The first-order chi connectivity index (χ1) is 8.07. The standard InChI is InChI=1S/C11H17ClN4O/c1-3-11(4-2,7-13)9(17)15-8-5-6-14-10(12)16-8/h5-6H,3-4,7,13H2,1-2H3,(H,14,15,16,17). The molecule has 3 N–H and O–H groups in total. The third-order valence-electron chi connectivity index (χ3n) is 3.09. The Kier molecular flexibility index (Phi) is 4.84. The third-order valence-corrected chi connectivity index (χ3v) is 3.28. The number of amides is 1. The maximum atomic E-state index is 12.1. The van der Waals surface area contributed by atoms with E-state index in [-0.39, 0.29) is 11.2 Å². The number of nitrogens with two attached hydrogens (primary N) is 1. The van der Waals surface area contributed by atoms with Gasteiger partial charge in [0.1, 0.15) is 5.82 Å². The van der Waals surface area contributed by atoms with Crippen molar-refractivity contribution in [3.63, 3.8) is 0 Å². The van der Waals surface area contributed by atoms with Gasteiger partial charge >= 0.3 is 0 Å². The number of hydrogen-bond donors (Lipinski definition) is 2. The first-order valence-corrected chi connectivity index (χ1v) is 5.96. The molecule has 0 atom stereocenters. The number of hydrogen-bond acceptors (Lipinski definition) is 4. The van der Waals surface area contributed by atoms with Gasteiger partial charge in [-0.2, -0.15) is 0 Å². The van der Waals surface area contributed by atoms with Crippen molar-refractivity contribution < 1.29 is 4.79 Å². The molecule has 5 nitrogen and oxygen atoms in total. The maximum absolute atomic E-state index is 12.1. The fraction of sp³-hybridized carbons (Fsp3) is 0.545. The van der Waals surface area contributed by atoms with E-state index in [4.69, 9.17) is 17.3 Å². The summed E-state index contributed by atoms with van der Waals surface area (Å²) in [6.07, 6.45) is 2.86. The lowest BCUT2D eigenvalue weighted by Crippen LogP contribution is -2.41. The second kappa shape index (κ2) is 5.93. The van der Waals surface area contributed by atoms with E-state index in [9.17, 15) is 4.79 Å². The van der Waals surface area contributed by atoms with Crippen LogP contribution in [0, 0.1) is 5.41 Å². The van der Waals surface area contributed by atoms with Gasteiger partial charge in [-0.25, -0.2) is 9.97 Å². The number of rotatable bonds is 5. The van der Waals surface area contributed by atoms with Crippen LogP contribution < -0.4 is 11.1 Å². The zero-order valence-electron chi connectivity index (χ0n) is 10.0. The summed E-state index contributed by atoms with van der Waals surface area (Å²) in [4.78, 5) is 19.8. The van der Waals surface area contributed by atoms with Crippen LogP contribution in [0.15, 0.2) is 12.3 Å². The van der Waals surface area contributed by atoms with Crippen LogP contribution in [-0.4, -0.2) is 22.4 Å². The van der Waals surface area contributed by atoms with Crippen molar-refractivity contribution in [2.24, 2.45) is 11.1 Å². The Morgan fingerprint density at radius 2 is 2.18 bits per heavy atom. The molecule has 0 saturated heterocycles. The fourth-order valence-corrected chi connectivity index (χ4v) is 1.75. The van der Waals surface area contributed by atoms with Crippen LogP contribution in [-0.2, 0) is 4.79 Å². The molecule has 0 spiro atoms. The molecule has 17 heavy (non-hydrogen) atoms. The number of nitrogens with zero attached hydrogens (tertiary/aromatic N) is 2. The van der Waals surface area contributed by atoms with E-state index < -0.39 is 5.41 Å². The van der Waals surface area contributed by atoms with Gasteiger partial charge in [-0.15, -0.1) is 0 Å². The van der Waals surface area contributed by atoms with Crippen LogP contribution in [0.1, 0.15) is 26.7 Å². The smallest absolute Gasteiger partial charge is 0.233 e. The van der Waals surface area contributed by atoms with E-state index in [1.54, 1.807) is 6.07 Å². The molecular formula is C11H17ClN4O. The van der Waals surface area contributed by atoms with Crippen molar-refractivity contribution in [2.45, 2.75) is 26.7 Å². The molecule has 0 unspecified atom stereocenters. The average molecular weight is 257 g/mol. The van der Waals surface area contributed by atoms with Crippen molar-refractivity contribution in [2.75, 3.05) is 11.9 Å². The molecule has 1 heterocycles. The number of halogens is 1. The largest absolute Gasteiger partial charge is 0.329 e. The minimum Gasteiger partial charge on any atom is -0.329 e. The highest BCUT2D eigenvalue weighted by Crippen LogP contribution is 2.26. The van der Waals surface area contributed by atoms with Crippen LogP contribution in [0.2, 0.25) is 5.28 Å². The predicted octanol–water partition coefficient (Wildman–Crippen LogP) is 1.83. The zero-order chi connectivity index (χ0) is 12.9. The van der Waals surface area contributed by atoms with E-state index in [2.05, 4.69) is 15.3 Å². The van der Waals surface area contributed by atoms with Gasteiger partial charge < -0.3 is 11.1 Å². The van der Waals surface area contributed by atoms with E-state index in [1.165, 1.54) is 6.20 Å². The normalized spacial score (nSPS) is 11.3. The van der Waals surface area contributed by atoms with Gasteiger partial charge in [-0.05, 0) is 30.5 Å². The third kappa shape index (κ3) is 3.14. The number of nitrogens with one attached hydrogen (secondary N) is 1. The number of carbonyl (C=O) groups is 1. The molecule has 0 radical (unpaired) electrons. The van der Waals surface area contributed by atoms with Gasteiger partial charge in [0, 0.05) is 12.7 Å². The van der Waals surface area contributed by atoms with Gasteiger partial charge in [-0.3, -0.25) is 4.79 Å². The first-order valence-electron chi connectivity index (χ1n) is 5.58. The highest BCUT2D eigenvalue weighted by molar-refractivity contribution is 6.28. The molecule has 0 saturated carbocycles. The van der Waals surface area contributed by atoms with Crippen molar-refractivity contribution in [3.05, 3.63) is 17.5 Å². The molecule has 94 valence electrons. The average Bonchev–Trinajstić information content (AvgIpc) is 2.32. The van der Waals surface area contributed by atoms with Crippen molar-refractivity contribution in [1.29, 1.82) is 0 Å². The Hall–Kier alpha value is -1.20. The topological polar surface area (TPSA) is 80.9 Å². The van der Waals surface area contributed by atoms with Gasteiger partial charge in [-0.1, -0.05) is 13.8 Å². The van der Waals surface area contributed by atoms with Crippen molar-refractivity contribution in [1.82, 2.24) is 9.97 Å². The molecule has 0 aliphatic carbocycles. The van der Waals surface area contributed by atoms with Crippen molar-refractivity contribution >= 4 is 23.3 Å². The molecule has 1 rings (SSSR count). The Bertz CT molecular complexity index is 385. The highest BCUT2D eigenvalue weighted by atomic mass is 35.5. The Labute approximate surface area is 106 Å². The van der Waals surface area contributed by atoms with Crippen LogP contribution in [0.25, 0.3) is 0 Å². The Morgan fingerprint density at radius 1 is 1.53 bits per heavy atom. The van der Waals surface area contributed by atoms with Gasteiger partial charge in [0.05, 0.1) is 5.41 Å². The molecular weight excluding hydrogens is 240 g/mol. The molecule has 0 aliphatic heterocycles. The second-order valence-electron chi connectivity index (χ2n) is 3.86. The lowest BCUT2D eigenvalue weighted by Gasteiger charge is -2.28. The van der Waals surface area contributed by atoms with Crippen LogP contribution in [0.4, 0.5) is 5.82 Å². The second-order valence-corrected chi connectivity index (χ2v) is 4.19. The monoisotopic (exact) mass is 256 g/mol. The van der Waals surface area contributed by atoms with Gasteiger partial charge in [0.15, 0.2) is 0 Å². The molecule has 0 aliphatic rings. The first kappa shape index (κ1) is 13.9. The summed E-state index contributed by atoms with van der Waals surface area (Å²) in [5.74, 6) is 0.273. The zero-order valence-corrected chi connectivity index (χ0v) is 10.8. The molecule has 1 amide bonds. The highest BCUT2D eigenvalue weighted by Gasteiger charge is 2.33. The fourth-order valence-electron chi connectivity index (χ4n) is 1.61. The minimum atomic E-state index is -0.544. The van der Waals surface area contributed by atoms with Crippen LogP contribution in [0.3, 0.4) is 0 Å². The minimum absolute atomic E-state index is 0.106. The lowest BCUT2D eigenvalue weighted by molar-refractivity contribution is -0.125. The molecule has 0 bridgehead atoms. The summed E-state index contributed by atoms with van der Waals surface area (Å²) in [6.45, 7) is 4.20. The summed E-state index contributed by atoms with van der Waals surface area (Å²) in [5.41, 5.74) is 5.15. The van der Waals surface area contributed by atoms with Crippen molar-refractivity contribution in [3.8, 4) is 0 Å². The molecule has 1 aromatic rings. The van der Waals surface area contributed by atoms with Gasteiger partial charge in [0.2, 0.25) is 11.2 Å². The number of carbonyl (C=O) groups excluding carboxylic acids is 1. The number of anilines is 1. The lowest BCUT2D eigenvalue weighted by atomic mass is 9.81. The van der Waals surface area contributed by atoms with E-state index in [0.717, 1.165) is 0 Å².